The zero-order valence-corrected chi connectivity index (χ0v) is 13.3. The van der Waals surface area contributed by atoms with Gasteiger partial charge in [-0.2, -0.15) is 0 Å². The summed E-state index contributed by atoms with van der Waals surface area (Å²) in [5.41, 5.74) is 0.987. The highest BCUT2D eigenvalue weighted by Crippen LogP contribution is 2.29. The first-order valence-corrected chi connectivity index (χ1v) is 8.13. The number of methoxy groups -OCH3 is 1. The second-order valence-electron chi connectivity index (χ2n) is 4.91. The van der Waals surface area contributed by atoms with Gasteiger partial charge in [0, 0.05) is 44.2 Å². The van der Waals surface area contributed by atoms with Crippen molar-refractivity contribution in [3.8, 4) is 0 Å². The lowest BCUT2D eigenvalue weighted by molar-refractivity contribution is 0.204. The molecule has 0 heterocycles. The molecule has 0 amide bonds. The van der Waals surface area contributed by atoms with Gasteiger partial charge in [0.1, 0.15) is 0 Å². The first kappa shape index (κ1) is 15.8. The molecule has 6 heteroatoms. The Morgan fingerprint density at radius 3 is 2.43 bits per heavy atom. The smallest absolute Gasteiger partial charge is 0.241 e. The van der Waals surface area contributed by atoms with E-state index < -0.39 is 10.0 Å². The van der Waals surface area contributed by atoms with Crippen LogP contribution in [-0.4, -0.2) is 42.8 Å². The molecule has 0 spiro atoms. The van der Waals surface area contributed by atoms with E-state index in [9.17, 15) is 8.42 Å². The van der Waals surface area contributed by atoms with Crippen molar-refractivity contribution in [3.63, 3.8) is 0 Å². The molecule has 2 aromatic rings. The molecule has 0 saturated heterocycles. The lowest BCUT2D eigenvalue weighted by Crippen LogP contribution is -2.27. The lowest BCUT2D eigenvalue weighted by Gasteiger charge is -2.17. The molecule has 2 rings (SSSR count). The zero-order chi connectivity index (χ0) is 15.5. The first-order chi connectivity index (χ1) is 9.97. The maximum atomic E-state index is 12.4. The molecular formula is C15H20N2O3S. The van der Waals surface area contributed by atoms with Crippen LogP contribution in [0.1, 0.15) is 0 Å². The van der Waals surface area contributed by atoms with Crippen molar-refractivity contribution < 1.29 is 13.2 Å². The molecule has 0 radical (unpaired) electrons. The van der Waals surface area contributed by atoms with Crippen molar-refractivity contribution in [2.45, 2.75) is 4.90 Å². The van der Waals surface area contributed by atoms with Crippen LogP contribution in [0, 0.1) is 0 Å². The average Bonchev–Trinajstić information content (AvgIpc) is 2.46. The van der Waals surface area contributed by atoms with Crippen LogP contribution in [0.2, 0.25) is 0 Å². The minimum absolute atomic E-state index is 0.253. The van der Waals surface area contributed by atoms with Gasteiger partial charge in [0.15, 0.2) is 0 Å². The van der Waals surface area contributed by atoms with Crippen LogP contribution >= 0.6 is 0 Å². The Bertz CT molecular complexity index is 727. The minimum atomic E-state index is -3.55. The Hall–Kier alpha value is -1.63. The molecule has 0 aliphatic rings. The molecule has 0 aromatic heterocycles. The number of hydrogen-bond donors (Lipinski definition) is 1. The molecule has 1 N–H and O–H groups in total. The number of fused-ring (bicyclic) bond motifs is 1. The van der Waals surface area contributed by atoms with Gasteiger partial charge in [-0.05, 0) is 12.1 Å². The second kappa shape index (κ2) is 6.43. The van der Waals surface area contributed by atoms with Gasteiger partial charge < -0.3 is 9.64 Å². The monoisotopic (exact) mass is 308 g/mol. The Morgan fingerprint density at radius 1 is 1.10 bits per heavy atom. The predicted octanol–water partition coefficient (Wildman–Crippen LogP) is 1.83. The van der Waals surface area contributed by atoms with Gasteiger partial charge in [-0.1, -0.05) is 24.3 Å². The Balaban J connectivity index is 2.53. The fraction of sp³-hybridized carbons (Fsp3) is 0.333. The van der Waals surface area contributed by atoms with Crippen molar-refractivity contribution in [1.82, 2.24) is 4.72 Å². The highest BCUT2D eigenvalue weighted by molar-refractivity contribution is 7.89. The number of nitrogens with zero attached hydrogens (tertiary/aromatic N) is 1. The molecule has 0 saturated carbocycles. The van der Waals surface area contributed by atoms with Crippen LogP contribution in [0.15, 0.2) is 41.3 Å². The van der Waals surface area contributed by atoms with Crippen LogP contribution in [0.4, 0.5) is 5.69 Å². The van der Waals surface area contributed by atoms with Crippen LogP contribution < -0.4 is 9.62 Å². The van der Waals surface area contributed by atoms with Crippen LogP contribution in [-0.2, 0) is 14.8 Å². The summed E-state index contributed by atoms with van der Waals surface area (Å²) < 4.78 is 32.3. The molecular weight excluding hydrogens is 288 g/mol. The number of hydrogen-bond acceptors (Lipinski definition) is 4. The number of anilines is 1. The molecule has 0 unspecified atom stereocenters. The normalized spacial score (nSPS) is 11.8. The number of sulfonamides is 1. The van der Waals surface area contributed by atoms with E-state index in [-0.39, 0.29) is 6.54 Å². The highest BCUT2D eigenvalue weighted by atomic mass is 32.2. The summed E-state index contributed by atoms with van der Waals surface area (Å²) >= 11 is 0. The second-order valence-corrected chi connectivity index (χ2v) is 6.65. The van der Waals surface area contributed by atoms with E-state index in [1.54, 1.807) is 12.1 Å². The van der Waals surface area contributed by atoms with Gasteiger partial charge >= 0.3 is 0 Å². The van der Waals surface area contributed by atoms with Gasteiger partial charge in [0.05, 0.1) is 11.5 Å². The third-order valence-electron chi connectivity index (χ3n) is 3.23. The molecule has 0 atom stereocenters. The third kappa shape index (κ3) is 3.34. The summed E-state index contributed by atoms with van der Waals surface area (Å²) in [6, 6.07) is 11.0. The SMILES string of the molecule is COCCNS(=O)(=O)c1cccc2c(N(C)C)cccc12. The number of benzene rings is 2. The first-order valence-electron chi connectivity index (χ1n) is 6.65. The molecule has 0 aliphatic heterocycles. The number of rotatable bonds is 6. The molecule has 5 nitrogen and oxygen atoms in total. The van der Waals surface area contributed by atoms with Crippen molar-refractivity contribution in [1.29, 1.82) is 0 Å². The van der Waals surface area contributed by atoms with Crippen molar-refractivity contribution in [2.75, 3.05) is 39.3 Å². The Kier molecular flexibility index (Phi) is 4.82. The minimum Gasteiger partial charge on any atom is -0.383 e. The van der Waals surface area contributed by atoms with E-state index in [0.29, 0.717) is 16.9 Å². The van der Waals surface area contributed by atoms with Gasteiger partial charge in [0.2, 0.25) is 10.0 Å². The summed E-state index contributed by atoms with van der Waals surface area (Å²) in [6.45, 7) is 0.593. The van der Waals surface area contributed by atoms with Crippen LogP contribution in [0.25, 0.3) is 10.8 Å². The average molecular weight is 308 g/mol. The Morgan fingerprint density at radius 2 is 1.76 bits per heavy atom. The summed E-state index contributed by atoms with van der Waals surface area (Å²) in [5.74, 6) is 0. The Labute approximate surface area is 125 Å². The van der Waals surface area contributed by atoms with Gasteiger partial charge in [-0.15, -0.1) is 0 Å². The molecule has 0 fully saturated rings. The third-order valence-corrected chi connectivity index (χ3v) is 4.75. The molecule has 21 heavy (non-hydrogen) atoms. The van der Waals surface area contributed by atoms with E-state index in [0.717, 1.165) is 11.1 Å². The van der Waals surface area contributed by atoms with Crippen molar-refractivity contribution in [2.24, 2.45) is 0 Å². The summed E-state index contributed by atoms with van der Waals surface area (Å²) in [5, 5.41) is 1.63. The van der Waals surface area contributed by atoms with E-state index in [4.69, 9.17) is 4.74 Å². The summed E-state index contributed by atoms with van der Waals surface area (Å²) in [7, 11) is 1.86. The standard InChI is InChI=1S/C15H20N2O3S/c1-17(2)14-8-4-7-13-12(14)6-5-9-15(13)21(18,19)16-10-11-20-3/h4-9,16H,10-11H2,1-3H3. The van der Waals surface area contributed by atoms with E-state index >= 15 is 0 Å². The summed E-state index contributed by atoms with van der Waals surface area (Å²) in [6.07, 6.45) is 0. The van der Waals surface area contributed by atoms with Gasteiger partial charge in [-0.3, -0.25) is 0 Å². The van der Waals surface area contributed by atoms with Gasteiger partial charge in [0.25, 0.3) is 0 Å². The maximum absolute atomic E-state index is 12.4. The van der Waals surface area contributed by atoms with Crippen LogP contribution in [0.3, 0.4) is 0 Å². The molecule has 0 bridgehead atoms. The van der Waals surface area contributed by atoms with Crippen LogP contribution in [0.5, 0.6) is 0 Å². The topological polar surface area (TPSA) is 58.6 Å². The van der Waals surface area contributed by atoms with Gasteiger partial charge in [-0.25, -0.2) is 13.1 Å². The van der Waals surface area contributed by atoms with E-state index in [1.165, 1.54) is 7.11 Å². The van der Waals surface area contributed by atoms with Crippen molar-refractivity contribution >= 4 is 26.5 Å². The molecule has 0 aliphatic carbocycles. The lowest BCUT2D eigenvalue weighted by atomic mass is 10.1. The number of nitrogens with one attached hydrogen (secondary N) is 1. The maximum Gasteiger partial charge on any atom is 0.241 e. The highest BCUT2D eigenvalue weighted by Gasteiger charge is 2.17. The summed E-state index contributed by atoms with van der Waals surface area (Å²) in [4.78, 5) is 2.26. The zero-order valence-electron chi connectivity index (χ0n) is 12.5. The molecule has 114 valence electrons. The molecule has 2 aromatic carbocycles. The fourth-order valence-electron chi connectivity index (χ4n) is 2.24. The quantitative estimate of drug-likeness (QED) is 0.827. The van der Waals surface area contributed by atoms with E-state index in [2.05, 4.69) is 4.72 Å². The fourth-order valence-corrected chi connectivity index (χ4v) is 3.48. The number of ether oxygens (including phenoxy) is 1. The predicted molar refractivity (Wildman–Crippen MR) is 85.3 cm³/mol. The van der Waals surface area contributed by atoms with Crippen molar-refractivity contribution in [3.05, 3.63) is 36.4 Å². The van der Waals surface area contributed by atoms with E-state index in [1.807, 2.05) is 43.3 Å². The largest absolute Gasteiger partial charge is 0.383 e.